The van der Waals surface area contributed by atoms with Crippen molar-refractivity contribution in [2.24, 2.45) is 5.73 Å². The van der Waals surface area contributed by atoms with Crippen molar-refractivity contribution in [3.63, 3.8) is 0 Å². The lowest BCUT2D eigenvalue weighted by molar-refractivity contribution is -0.166. The molecule has 12 heteroatoms. The highest BCUT2D eigenvalue weighted by molar-refractivity contribution is 6.01. The van der Waals surface area contributed by atoms with E-state index >= 15 is 0 Å². The molecule has 3 atom stereocenters. The Morgan fingerprint density at radius 3 is 1.49 bits per heavy atom. The molecule has 5 N–H and O–H groups in total. The summed E-state index contributed by atoms with van der Waals surface area (Å²) in [7, 11) is 1.52. The molecule has 0 heterocycles. The molecule has 3 rings (SSSR count). The van der Waals surface area contributed by atoms with Crippen LogP contribution in [0.25, 0.3) is 0 Å². The molecular weight excluding hydrogens is 536 g/mol. The number of aliphatic hydroxyl groups is 2. The predicted molar refractivity (Wildman–Crippen MR) is 144 cm³/mol. The third-order valence-corrected chi connectivity index (χ3v) is 5.18. The topological polar surface area (TPSA) is 192 Å². The number of hydrogen-bond acceptors (Lipinski definition) is 11. The van der Waals surface area contributed by atoms with Crippen LogP contribution in [0.3, 0.4) is 0 Å². The van der Waals surface area contributed by atoms with Gasteiger partial charge in [0.15, 0.2) is 12.2 Å². The number of carbonyl (C=O) groups excluding carboxylic acids is 5. The Balaban J connectivity index is 0.000000333. The number of hydrogen-bond donors (Lipinski definition) is 4. The van der Waals surface area contributed by atoms with E-state index in [1.54, 1.807) is 12.1 Å². The van der Waals surface area contributed by atoms with E-state index in [0.29, 0.717) is 6.54 Å². The fourth-order valence-corrected chi connectivity index (χ4v) is 3.00. The number of carbonyl (C=O) groups is 5. The number of amides is 1. The van der Waals surface area contributed by atoms with E-state index in [2.05, 4.69) is 14.8 Å². The van der Waals surface area contributed by atoms with E-state index in [1.807, 2.05) is 30.3 Å². The zero-order valence-electron chi connectivity index (χ0n) is 22.0. The average molecular weight is 567 g/mol. The smallest absolute Gasteiger partial charge is 0.346 e. The van der Waals surface area contributed by atoms with E-state index < -0.39 is 42.1 Å². The number of benzene rings is 3. The lowest BCUT2D eigenvalue weighted by Crippen LogP contribution is -2.43. The van der Waals surface area contributed by atoms with Crippen molar-refractivity contribution in [1.82, 2.24) is 5.32 Å². The molecule has 0 bridgehead atoms. The number of esters is 4. The highest BCUT2D eigenvalue weighted by Gasteiger charge is 2.35. The van der Waals surface area contributed by atoms with Gasteiger partial charge in [-0.25, -0.2) is 19.2 Å². The van der Waals surface area contributed by atoms with Crippen LogP contribution in [0.1, 0.15) is 26.3 Å². The maximum absolute atomic E-state index is 11.7. The third kappa shape index (κ3) is 11.1. The Bertz CT molecular complexity index is 1220. The molecule has 3 unspecified atom stereocenters. The summed E-state index contributed by atoms with van der Waals surface area (Å²) in [5.74, 6) is -5.46. The summed E-state index contributed by atoms with van der Waals surface area (Å²) in [4.78, 5) is 58.2. The Labute approximate surface area is 235 Å². The molecule has 41 heavy (non-hydrogen) atoms. The number of nitrogens with one attached hydrogen (secondary N) is 1. The van der Waals surface area contributed by atoms with Crippen molar-refractivity contribution < 1.29 is 48.4 Å². The van der Waals surface area contributed by atoms with Crippen LogP contribution in [0.2, 0.25) is 0 Å². The maximum Gasteiger partial charge on any atom is 0.346 e. The molecule has 0 aliphatic carbocycles. The van der Waals surface area contributed by atoms with Crippen molar-refractivity contribution in [2.75, 3.05) is 13.7 Å². The van der Waals surface area contributed by atoms with Gasteiger partial charge in [0.05, 0.1) is 17.7 Å². The second-order valence-electron chi connectivity index (χ2n) is 8.30. The molecule has 0 radical (unpaired) electrons. The summed E-state index contributed by atoms with van der Waals surface area (Å²) in [5.41, 5.74) is 6.67. The lowest BCUT2D eigenvalue weighted by atomic mass is 10.2. The largest absolute Gasteiger partial charge is 0.387 e. The Morgan fingerprint density at radius 1 is 0.707 bits per heavy atom. The minimum atomic E-state index is -2.40. The van der Waals surface area contributed by atoms with Crippen molar-refractivity contribution >= 4 is 29.8 Å². The molecule has 0 saturated carbocycles. The van der Waals surface area contributed by atoms with E-state index in [9.17, 15) is 34.2 Å². The van der Waals surface area contributed by atoms with Crippen LogP contribution >= 0.6 is 0 Å². The molecule has 1 amide bonds. The van der Waals surface area contributed by atoms with Gasteiger partial charge in [-0.15, -0.1) is 0 Å². The average Bonchev–Trinajstić information content (AvgIpc) is 3.00. The van der Waals surface area contributed by atoms with Crippen LogP contribution in [0.15, 0.2) is 91.0 Å². The SMILES string of the molecule is COCC(N)C(=O)NCc1ccccc1.O=C(OC(=O)C(O)C(O)C(=O)OC(=O)c1ccccc1)c1ccccc1. The van der Waals surface area contributed by atoms with E-state index in [0.717, 1.165) is 5.56 Å². The number of nitrogens with two attached hydrogens (primary N) is 1. The zero-order chi connectivity index (χ0) is 30.2. The first kappa shape index (κ1) is 32.5. The fourth-order valence-electron chi connectivity index (χ4n) is 3.00. The molecule has 216 valence electrons. The van der Waals surface area contributed by atoms with Gasteiger partial charge in [-0.05, 0) is 29.8 Å². The Kier molecular flexibility index (Phi) is 13.5. The molecule has 0 saturated heterocycles. The summed E-state index contributed by atoms with van der Waals surface area (Å²) in [6.07, 6.45) is -4.81. The van der Waals surface area contributed by atoms with E-state index in [1.165, 1.54) is 55.6 Å². The van der Waals surface area contributed by atoms with Gasteiger partial charge < -0.3 is 35.5 Å². The monoisotopic (exact) mass is 566 g/mol. The molecule has 0 aliphatic rings. The lowest BCUT2D eigenvalue weighted by Gasteiger charge is -2.14. The first-order valence-electron chi connectivity index (χ1n) is 12.2. The van der Waals surface area contributed by atoms with E-state index in [-0.39, 0.29) is 23.6 Å². The van der Waals surface area contributed by atoms with Gasteiger partial charge in [0.25, 0.3) is 0 Å². The molecule has 0 aliphatic heterocycles. The second kappa shape index (κ2) is 17.0. The van der Waals surface area contributed by atoms with Gasteiger partial charge >= 0.3 is 23.9 Å². The van der Waals surface area contributed by atoms with Crippen molar-refractivity contribution in [3.05, 3.63) is 108 Å². The minimum Gasteiger partial charge on any atom is -0.387 e. The van der Waals surface area contributed by atoms with Gasteiger partial charge in [0.2, 0.25) is 5.91 Å². The molecule has 0 spiro atoms. The van der Waals surface area contributed by atoms with Crippen molar-refractivity contribution in [1.29, 1.82) is 0 Å². The quantitative estimate of drug-likeness (QED) is 0.200. The van der Waals surface area contributed by atoms with Gasteiger partial charge in [-0.2, -0.15) is 0 Å². The highest BCUT2D eigenvalue weighted by atomic mass is 16.6. The summed E-state index contributed by atoms with van der Waals surface area (Å²) in [6.45, 7) is 0.734. The van der Waals surface area contributed by atoms with Gasteiger partial charge in [-0.3, -0.25) is 4.79 Å². The molecule has 12 nitrogen and oxygen atoms in total. The van der Waals surface area contributed by atoms with Crippen LogP contribution in [0.4, 0.5) is 0 Å². The standard InChI is InChI=1S/C18H14O8.C11H16N2O2/c19-13(17(23)25-15(21)11-7-3-1-4-8-11)14(20)18(24)26-16(22)12-9-5-2-6-10-12;1-15-8-10(12)11(14)13-7-9-5-3-2-4-6-9/h1-10,13-14,19-20H;2-6,10H,7-8,12H2,1H3,(H,13,14). The first-order chi connectivity index (χ1) is 19.6. The normalized spacial score (nSPS) is 12.4. The Hall–Kier alpha value is -4.75. The highest BCUT2D eigenvalue weighted by Crippen LogP contribution is 2.07. The van der Waals surface area contributed by atoms with Gasteiger partial charge in [0, 0.05) is 13.7 Å². The van der Waals surface area contributed by atoms with Crippen molar-refractivity contribution in [2.45, 2.75) is 24.8 Å². The number of methoxy groups -OCH3 is 1. The van der Waals surface area contributed by atoms with Crippen LogP contribution in [-0.2, 0) is 35.1 Å². The third-order valence-electron chi connectivity index (χ3n) is 5.18. The summed E-state index contributed by atoms with van der Waals surface area (Å²) >= 11 is 0. The van der Waals surface area contributed by atoms with Gasteiger partial charge in [-0.1, -0.05) is 66.7 Å². The Morgan fingerprint density at radius 2 is 1.10 bits per heavy atom. The maximum atomic E-state index is 11.7. The number of aliphatic hydroxyl groups excluding tert-OH is 2. The molecule has 3 aromatic rings. The molecule has 0 fully saturated rings. The van der Waals surface area contributed by atoms with Crippen LogP contribution in [0, 0.1) is 0 Å². The van der Waals surface area contributed by atoms with Crippen LogP contribution in [-0.4, -0.2) is 72.0 Å². The van der Waals surface area contributed by atoms with Crippen LogP contribution in [0.5, 0.6) is 0 Å². The zero-order valence-corrected chi connectivity index (χ0v) is 22.0. The first-order valence-corrected chi connectivity index (χ1v) is 12.2. The number of ether oxygens (including phenoxy) is 3. The molecule has 0 aromatic heterocycles. The molecule has 3 aromatic carbocycles. The van der Waals surface area contributed by atoms with Gasteiger partial charge in [0.1, 0.15) is 6.04 Å². The van der Waals surface area contributed by atoms with Crippen molar-refractivity contribution in [3.8, 4) is 0 Å². The molecular formula is C29H30N2O10. The van der Waals surface area contributed by atoms with Crippen LogP contribution < -0.4 is 11.1 Å². The minimum absolute atomic E-state index is 0.0318. The summed E-state index contributed by atoms with van der Waals surface area (Å²) < 4.78 is 13.5. The van der Waals surface area contributed by atoms with E-state index in [4.69, 9.17) is 10.5 Å². The summed E-state index contributed by atoms with van der Waals surface area (Å²) in [6, 6.07) is 23.9. The second-order valence-corrected chi connectivity index (χ2v) is 8.30. The summed E-state index contributed by atoms with van der Waals surface area (Å²) in [5, 5.41) is 22.0. The number of rotatable bonds is 10. The predicted octanol–water partition coefficient (Wildman–Crippen LogP) is 0.752. The fraction of sp³-hybridized carbons (Fsp3) is 0.207.